The van der Waals surface area contributed by atoms with Crippen molar-refractivity contribution in [2.24, 2.45) is 0 Å². The van der Waals surface area contributed by atoms with Crippen LogP contribution in [0.15, 0.2) is 30.3 Å². The van der Waals surface area contributed by atoms with Gasteiger partial charge in [0.05, 0.1) is 6.10 Å². The minimum Gasteiger partial charge on any atom is -0.379 e. The van der Waals surface area contributed by atoms with Crippen molar-refractivity contribution in [3.05, 3.63) is 35.9 Å². The highest BCUT2D eigenvalue weighted by molar-refractivity contribution is 5.19. The van der Waals surface area contributed by atoms with Crippen molar-refractivity contribution >= 4 is 0 Å². The van der Waals surface area contributed by atoms with E-state index < -0.39 is 0 Å². The Morgan fingerprint density at radius 2 is 1.73 bits per heavy atom. The second-order valence-corrected chi connectivity index (χ2v) is 4.34. The number of benzene rings is 1. The fourth-order valence-corrected chi connectivity index (χ4v) is 2.52. The third-order valence-electron chi connectivity index (χ3n) is 3.35. The molecule has 0 unspecified atom stereocenters. The minimum absolute atomic E-state index is 0.523. The summed E-state index contributed by atoms with van der Waals surface area (Å²) in [5.74, 6) is 0.767. The fraction of sp³-hybridized carbons (Fsp3) is 0.571. The summed E-state index contributed by atoms with van der Waals surface area (Å²) in [6.45, 7) is 2.95. The van der Waals surface area contributed by atoms with Crippen LogP contribution in [0, 0.1) is 0 Å². The van der Waals surface area contributed by atoms with E-state index in [2.05, 4.69) is 37.3 Å². The molecule has 0 radical (unpaired) electrons. The molecule has 1 aromatic rings. The minimum atomic E-state index is 0.523. The summed E-state index contributed by atoms with van der Waals surface area (Å²) >= 11 is 0. The van der Waals surface area contributed by atoms with Crippen molar-refractivity contribution in [3.8, 4) is 0 Å². The fourth-order valence-electron chi connectivity index (χ4n) is 2.52. The topological polar surface area (TPSA) is 9.23 Å². The van der Waals surface area contributed by atoms with Gasteiger partial charge in [-0.25, -0.2) is 0 Å². The standard InChI is InChI=1S/C14H20O/c1-2-15-14-10-8-13(9-11-14)12-6-4-3-5-7-12/h3-7,13-14H,2,8-11H2,1H3. The van der Waals surface area contributed by atoms with E-state index in [0.717, 1.165) is 12.5 Å². The summed E-state index contributed by atoms with van der Waals surface area (Å²) in [5.41, 5.74) is 1.51. The summed E-state index contributed by atoms with van der Waals surface area (Å²) in [7, 11) is 0. The van der Waals surface area contributed by atoms with Gasteiger partial charge in [0, 0.05) is 6.61 Å². The normalized spacial score (nSPS) is 26.5. The Kier molecular flexibility index (Phi) is 3.79. The smallest absolute Gasteiger partial charge is 0.0575 e. The Hall–Kier alpha value is -0.820. The Morgan fingerprint density at radius 1 is 1.07 bits per heavy atom. The maximum absolute atomic E-state index is 5.67. The first kappa shape index (κ1) is 10.7. The first-order valence-corrected chi connectivity index (χ1v) is 6.06. The molecule has 0 spiro atoms. The Morgan fingerprint density at radius 3 is 2.33 bits per heavy atom. The highest BCUT2D eigenvalue weighted by Gasteiger charge is 2.21. The lowest BCUT2D eigenvalue weighted by atomic mass is 9.83. The first-order chi connectivity index (χ1) is 7.40. The molecule has 0 bridgehead atoms. The van der Waals surface area contributed by atoms with Gasteiger partial charge in [-0.1, -0.05) is 30.3 Å². The van der Waals surface area contributed by atoms with Gasteiger partial charge in [0.25, 0.3) is 0 Å². The van der Waals surface area contributed by atoms with Gasteiger partial charge >= 0.3 is 0 Å². The zero-order chi connectivity index (χ0) is 10.5. The van der Waals surface area contributed by atoms with E-state index in [1.807, 2.05) is 0 Å². The average molecular weight is 204 g/mol. The van der Waals surface area contributed by atoms with Crippen LogP contribution in [-0.4, -0.2) is 12.7 Å². The van der Waals surface area contributed by atoms with Crippen LogP contribution in [-0.2, 0) is 4.74 Å². The summed E-state index contributed by atoms with van der Waals surface area (Å²) in [5, 5.41) is 0. The SMILES string of the molecule is CCOC1CCC(c2ccccc2)CC1. The van der Waals surface area contributed by atoms with Crippen LogP contribution < -0.4 is 0 Å². The van der Waals surface area contributed by atoms with E-state index >= 15 is 0 Å². The van der Waals surface area contributed by atoms with Crippen LogP contribution in [0.5, 0.6) is 0 Å². The van der Waals surface area contributed by atoms with Gasteiger partial charge in [-0.05, 0) is 44.1 Å². The number of rotatable bonds is 3. The molecule has 82 valence electrons. The largest absolute Gasteiger partial charge is 0.379 e. The monoisotopic (exact) mass is 204 g/mol. The molecule has 1 heteroatoms. The molecule has 0 N–H and O–H groups in total. The maximum Gasteiger partial charge on any atom is 0.0575 e. The third-order valence-corrected chi connectivity index (χ3v) is 3.35. The van der Waals surface area contributed by atoms with Crippen LogP contribution in [0.4, 0.5) is 0 Å². The quantitative estimate of drug-likeness (QED) is 0.728. The molecule has 0 aliphatic heterocycles. The van der Waals surface area contributed by atoms with Crippen molar-refractivity contribution in [1.82, 2.24) is 0 Å². The first-order valence-electron chi connectivity index (χ1n) is 6.06. The summed E-state index contributed by atoms with van der Waals surface area (Å²) in [6.07, 6.45) is 5.56. The molecule has 1 aliphatic rings. The molecule has 0 heterocycles. The van der Waals surface area contributed by atoms with Crippen LogP contribution >= 0.6 is 0 Å². The molecule has 15 heavy (non-hydrogen) atoms. The molecule has 2 rings (SSSR count). The van der Waals surface area contributed by atoms with E-state index in [1.54, 1.807) is 0 Å². The Labute approximate surface area is 92.5 Å². The van der Waals surface area contributed by atoms with Crippen molar-refractivity contribution in [2.75, 3.05) is 6.61 Å². The van der Waals surface area contributed by atoms with Gasteiger partial charge in [0.2, 0.25) is 0 Å². The van der Waals surface area contributed by atoms with Gasteiger partial charge < -0.3 is 4.74 Å². The lowest BCUT2D eigenvalue weighted by Gasteiger charge is -2.28. The zero-order valence-corrected chi connectivity index (χ0v) is 9.49. The molecule has 1 aromatic carbocycles. The molecule has 1 fully saturated rings. The number of ether oxygens (including phenoxy) is 1. The second-order valence-electron chi connectivity index (χ2n) is 4.34. The highest BCUT2D eigenvalue weighted by atomic mass is 16.5. The second kappa shape index (κ2) is 5.32. The lowest BCUT2D eigenvalue weighted by Crippen LogP contribution is -2.20. The molecule has 1 saturated carbocycles. The average Bonchev–Trinajstić information content (AvgIpc) is 2.32. The summed E-state index contributed by atoms with van der Waals surface area (Å²) in [6, 6.07) is 10.9. The molecule has 1 nitrogen and oxygen atoms in total. The van der Waals surface area contributed by atoms with Crippen LogP contribution in [0.1, 0.15) is 44.1 Å². The Balaban J connectivity index is 1.88. The summed E-state index contributed by atoms with van der Waals surface area (Å²) in [4.78, 5) is 0. The number of hydrogen-bond acceptors (Lipinski definition) is 1. The molecule has 0 aromatic heterocycles. The number of hydrogen-bond donors (Lipinski definition) is 0. The van der Waals surface area contributed by atoms with Gasteiger partial charge in [-0.15, -0.1) is 0 Å². The van der Waals surface area contributed by atoms with Gasteiger partial charge in [-0.2, -0.15) is 0 Å². The molecule has 0 atom stereocenters. The highest BCUT2D eigenvalue weighted by Crippen LogP contribution is 2.33. The van der Waals surface area contributed by atoms with E-state index in [0.29, 0.717) is 6.10 Å². The summed E-state index contributed by atoms with van der Waals surface area (Å²) < 4.78 is 5.67. The van der Waals surface area contributed by atoms with Gasteiger partial charge in [0.15, 0.2) is 0 Å². The molecule has 0 saturated heterocycles. The van der Waals surface area contributed by atoms with E-state index in [4.69, 9.17) is 4.74 Å². The zero-order valence-electron chi connectivity index (χ0n) is 9.49. The van der Waals surface area contributed by atoms with Gasteiger partial charge in [0.1, 0.15) is 0 Å². The lowest BCUT2D eigenvalue weighted by molar-refractivity contribution is 0.0328. The van der Waals surface area contributed by atoms with Crippen LogP contribution in [0.3, 0.4) is 0 Å². The maximum atomic E-state index is 5.67. The molecule has 1 aliphatic carbocycles. The van der Waals surface area contributed by atoms with Crippen molar-refractivity contribution in [1.29, 1.82) is 0 Å². The van der Waals surface area contributed by atoms with E-state index in [9.17, 15) is 0 Å². The van der Waals surface area contributed by atoms with Crippen molar-refractivity contribution in [3.63, 3.8) is 0 Å². The third kappa shape index (κ3) is 2.82. The molecular weight excluding hydrogens is 184 g/mol. The van der Waals surface area contributed by atoms with E-state index in [1.165, 1.54) is 31.2 Å². The molecule has 0 amide bonds. The predicted octanol–water partition coefficient (Wildman–Crippen LogP) is 3.75. The van der Waals surface area contributed by atoms with Crippen LogP contribution in [0.25, 0.3) is 0 Å². The van der Waals surface area contributed by atoms with Gasteiger partial charge in [-0.3, -0.25) is 0 Å². The van der Waals surface area contributed by atoms with Crippen molar-refractivity contribution in [2.45, 2.75) is 44.6 Å². The van der Waals surface area contributed by atoms with Crippen molar-refractivity contribution < 1.29 is 4.74 Å². The Bertz CT molecular complexity index is 273. The molecular formula is C14H20O. The van der Waals surface area contributed by atoms with E-state index in [-0.39, 0.29) is 0 Å². The predicted molar refractivity (Wildman–Crippen MR) is 63.1 cm³/mol. The van der Waals surface area contributed by atoms with Crippen LogP contribution in [0.2, 0.25) is 0 Å².